The number of esters is 1. The Balaban J connectivity index is 1.62. The van der Waals surface area contributed by atoms with Crippen LogP contribution in [0.5, 0.6) is 0 Å². The van der Waals surface area contributed by atoms with E-state index in [1.54, 1.807) is 0 Å². The molecule has 168 valence electrons. The summed E-state index contributed by atoms with van der Waals surface area (Å²) in [6, 6.07) is 8.28. The van der Waals surface area contributed by atoms with Crippen molar-refractivity contribution >= 4 is 34.0 Å². The first-order chi connectivity index (χ1) is 14.7. The summed E-state index contributed by atoms with van der Waals surface area (Å²) in [5.41, 5.74) is 8.36. The number of amidine groups is 1. The van der Waals surface area contributed by atoms with Crippen molar-refractivity contribution in [3.8, 4) is 0 Å². The minimum atomic E-state index is -0.235. The molecule has 31 heavy (non-hydrogen) atoms. The number of hydrogen-bond donors (Lipinski definition) is 3. The Morgan fingerprint density at radius 2 is 1.81 bits per heavy atom. The van der Waals surface area contributed by atoms with Crippen LogP contribution in [0.1, 0.15) is 70.4 Å². The molecule has 0 unspecified atom stereocenters. The third-order valence-corrected chi connectivity index (χ3v) is 6.22. The number of benzene rings is 1. The van der Waals surface area contributed by atoms with Crippen molar-refractivity contribution in [2.24, 2.45) is 16.6 Å². The van der Waals surface area contributed by atoms with Crippen LogP contribution in [0.3, 0.4) is 0 Å². The lowest BCUT2D eigenvalue weighted by Gasteiger charge is -2.29. The van der Waals surface area contributed by atoms with Gasteiger partial charge in [-0.15, -0.1) is 0 Å². The average molecular weight is 445 g/mol. The van der Waals surface area contributed by atoms with Crippen LogP contribution in [0.2, 0.25) is 0 Å². The molecule has 0 bridgehead atoms. The number of carbonyl (C=O) groups is 1. The first-order valence-electron chi connectivity index (χ1n) is 10.9. The van der Waals surface area contributed by atoms with E-state index in [4.69, 9.17) is 10.5 Å². The molecule has 1 saturated carbocycles. The molecule has 3 rings (SSSR count). The van der Waals surface area contributed by atoms with Gasteiger partial charge in [0.2, 0.25) is 0 Å². The van der Waals surface area contributed by atoms with Gasteiger partial charge in [-0.1, -0.05) is 26.0 Å². The van der Waals surface area contributed by atoms with E-state index in [0.29, 0.717) is 16.5 Å². The number of nitrogens with two attached hydrogens (primary N) is 1. The Morgan fingerprint density at radius 3 is 2.39 bits per heavy atom. The largest absolute Gasteiger partial charge is 0.462 e. The van der Waals surface area contributed by atoms with Gasteiger partial charge >= 0.3 is 5.97 Å². The van der Waals surface area contributed by atoms with Crippen molar-refractivity contribution in [1.82, 2.24) is 4.37 Å². The lowest BCUT2D eigenvalue weighted by molar-refractivity contribution is -0.154. The van der Waals surface area contributed by atoms with Gasteiger partial charge in [0.25, 0.3) is 5.56 Å². The molecule has 0 atom stereocenters. The highest BCUT2D eigenvalue weighted by molar-refractivity contribution is 7.10. The standard InChI is InChI=1S/C23H32N4O3S/c1-13(2)23(29)30-18-11-7-16(8-12-18)15-5-9-17(10-6-15)26-22-19(21(28)27-31-22)20(24)25-14(3)4/h5-6,9-10,13-14,16,18,26H,7-8,11-12H2,1-4H3,(H2,24,25)(H,27,28). The molecule has 1 fully saturated rings. The van der Waals surface area contributed by atoms with Gasteiger partial charge in [-0.25, -0.2) is 0 Å². The number of H-pyrrole nitrogens is 1. The fraction of sp³-hybridized carbons (Fsp3) is 0.522. The van der Waals surface area contributed by atoms with Gasteiger partial charge in [0, 0.05) is 11.7 Å². The van der Waals surface area contributed by atoms with Crippen LogP contribution in [0, 0.1) is 5.92 Å². The molecule has 1 aliphatic rings. The number of hydrogen-bond acceptors (Lipinski definition) is 6. The summed E-state index contributed by atoms with van der Waals surface area (Å²) >= 11 is 1.21. The fourth-order valence-corrected chi connectivity index (χ4v) is 4.52. The van der Waals surface area contributed by atoms with E-state index in [2.05, 4.69) is 26.8 Å². The van der Waals surface area contributed by atoms with Gasteiger partial charge in [-0.3, -0.25) is 19.0 Å². The SMILES string of the molecule is CC(C)N=C(N)c1c(Nc2ccc(C3CCC(OC(=O)C(C)C)CC3)cc2)s[nH]c1=O. The second-order valence-corrected chi connectivity index (χ2v) is 9.47. The van der Waals surface area contributed by atoms with Crippen LogP contribution >= 0.6 is 11.5 Å². The van der Waals surface area contributed by atoms with Crippen molar-refractivity contribution in [3.05, 3.63) is 45.7 Å². The lowest BCUT2D eigenvalue weighted by atomic mass is 9.82. The molecule has 7 nitrogen and oxygen atoms in total. The molecule has 0 spiro atoms. The summed E-state index contributed by atoms with van der Waals surface area (Å²) in [6.45, 7) is 7.57. The summed E-state index contributed by atoms with van der Waals surface area (Å²) in [5.74, 6) is 0.524. The van der Waals surface area contributed by atoms with Gasteiger partial charge in [-0.2, -0.15) is 0 Å². The highest BCUT2D eigenvalue weighted by atomic mass is 32.1. The zero-order valence-corrected chi connectivity index (χ0v) is 19.4. The molecule has 0 aliphatic heterocycles. The van der Waals surface area contributed by atoms with Crippen molar-refractivity contribution in [2.75, 3.05) is 5.32 Å². The summed E-state index contributed by atoms with van der Waals surface area (Å²) in [7, 11) is 0. The number of aromatic amines is 1. The highest BCUT2D eigenvalue weighted by Crippen LogP contribution is 2.35. The van der Waals surface area contributed by atoms with Crippen LogP contribution < -0.4 is 16.6 Å². The predicted octanol–water partition coefficient (Wildman–Crippen LogP) is 4.52. The van der Waals surface area contributed by atoms with E-state index in [1.165, 1.54) is 17.1 Å². The molecule has 0 radical (unpaired) electrons. The number of aliphatic imine (C=N–C) groups is 1. The normalized spacial score (nSPS) is 19.6. The van der Waals surface area contributed by atoms with E-state index in [1.807, 2.05) is 39.8 Å². The molecule has 1 heterocycles. The third-order valence-electron chi connectivity index (χ3n) is 5.42. The summed E-state index contributed by atoms with van der Waals surface area (Å²) in [4.78, 5) is 28.3. The van der Waals surface area contributed by atoms with Crippen molar-refractivity contribution in [2.45, 2.75) is 71.4 Å². The molecule has 1 aromatic heterocycles. The van der Waals surface area contributed by atoms with E-state index in [-0.39, 0.29) is 35.4 Å². The highest BCUT2D eigenvalue weighted by Gasteiger charge is 2.25. The van der Waals surface area contributed by atoms with E-state index in [0.717, 1.165) is 31.4 Å². The number of aromatic nitrogens is 1. The first-order valence-corrected chi connectivity index (χ1v) is 11.7. The molecule has 8 heteroatoms. The summed E-state index contributed by atoms with van der Waals surface area (Å²) in [6.07, 6.45) is 3.86. The van der Waals surface area contributed by atoms with Crippen LogP contribution in [0.25, 0.3) is 0 Å². The van der Waals surface area contributed by atoms with Crippen molar-refractivity contribution in [1.29, 1.82) is 0 Å². The van der Waals surface area contributed by atoms with Crippen LogP contribution in [-0.4, -0.2) is 28.3 Å². The number of nitrogens with zero attached hydrogens (tertiary/aromatic N) is 1. The maximum Gasteiger partial charge on any atom is 0.308 e. The predicted molar refractivity (Wildman–Crippen MR) is 126 cm³/mol. The monoisotopic (exact) mass is 444 g/mol. The molecule has 4 N–H and O–H groups in total. The Hall–Kier alpha value is -2.61. The van der Waals surface area contributed by atoms with Gasteiger partial charge in [0.05, 0.1) is 5.92 Å². The maximum absolute atomic E-state index is 12.2. The zero-order chi connectivity index (χ0) is 22.5. The Morgan fingerprint density at radius 1 is 1.16 bits per heavy atom. The zero-order valence-electron chi connectivity index (χ0n) is 18.6. The third kappa shape index (κ3) is 5.97. The topological polar surface area (TPSA) is 110 Å². The fourth-order valence-electron chi connectivity index (χ4n) is 3.75. The molecular formula is C23H32N4O3S. The quantitative estimate of drug-likeness (QED) is 0.330. The minimum Gasteiger partial charge on any atom is -0.462 e. The van der Waals surface area contributed by atoms with Gasteiger partial charge in [0.15, 0.2) is 0 Å². The van der Waals surface area contributed by atoms with E-state index >= 15 is 0 Å². The molecule has 1 aliphatic carbocycles. The van der Waals surface area contributed by atoms with E-state index in [9.17, 15) is 9.59 Å². The van der Waals surface area contributed by atoms with Gasteiger partial charge in [0.1, 0.15) is 22.5 Å². The minimum absolute atomic E-state index is 0.00965. The van der Waals surface area contributed by atoms with Crippen LogP contribution in [0.4, 0.5) is 10.7 Å². The van der Waals surface area contributed by atoms with Crippen molar-refractivity contribution < 1.29 is 9.53 Å². The summed E-state index contributed by atoms with van der Waals surface area (Å²) < 4.78 is 8.31. The van der Waals surface area contributed by atoms with Gasteiger partial charge in [-0.05, 0) is 74.7 Å². The Labute approximate surface area is 187 Å². The molecule has 1 aromatic carbocycles. The number of anilines is 2. The molecule has 2 aromatic rings. The van der Waals surface area contributed by atoms with Crippen LogP contribution in [0.15, 0.2) is 34.1 Å². The number of nitrogens with one attached hydrogen (secondary N) is 2. The lowest BCUT2D eigenvalue weighted by Crippen LogP contribution is -2.25. The van der Waals surface area contributed by atoms with E-state index < -0.39 is 0 Å². The number of carbonyl (C=O) groups excluding carboxylic acids is 1. The second-order valence-electron chi connectivity index (χ2n) is 8.66. The summed E-state index contributed by atoms with van der Waals surface area (Å²) in [5, 5.41) is 3.95. The van der Waals surface area contributed by atoms with Crippen molar-refractivity contribution in [3.63, 3.8) is 0 Å². The Kier molecular flexibility index (Phi) is 7.54. The Bertz CT molecular complexity index is 967. The van der Waals surface area contributed by atoms with Gasteiger partial charge < -0.3 is 15.8 Å². The first kappa shape index (κ1) is 23.1. The molecular weight excluding hydrogens is 412 g/mol. The maximum atomic E-state index is 12.2. The average Bonchev–Trinajstić information content (AvgIpc) is 3.08. The second kappa shape index (κ2) is 10.1. The smallest absolute Gasteiger partial charge is 0.308 e. The number of rotatable bonds is 7. The number of ether oxygens (including phenoxy) is 1. The molecule has 0 amide bonds. The molecule has 0 saturated heterocycles. The van der Waals surface area contributed by atoms with Crippen LogP contribution in [-0.2, 0) is 9.53 Å².